The number of halogens is 1. The average Bonchev–Trinajstić information content (AvgIpc) is 2.38. The van der Waals surface area contributed by atoms with Gasteiger partial charge in [0, 0.05) is 18.6 Å². The molecule has 1 N–H and O–H groups in total. The van der Waals surface area contributed by atoms with Crippen molar-refractivity contribution in [2.45, 2.75) is 25.3 Å². The predicted molar refractivity (Wildman–Crippen MR) is 69.4 cm³/mol. The maximum absolute atomic E-state index is 11.9. The zero-order chi connectivity index (χ0) is 12.7. The fraction of sp³-hybridized carbons (Fsp3) is 0.462. The first-order valence-electron chi connectivity index (χ1n) is 5.66. The van der Waals surface area contributed by atoms with Crippen molar-refractivity contribution in [3.05, 3.63) is 35.4 Å². The number of hydrogen-bond acceptors (Lipinski definition) is 2. The normalized spacial score (nSPS) is 12.2. The summed E-state index contributed by atoms with van der Waals surface area (Å²) in [5.74, 6) is 0.387. The summed E-state index contributed by atoms with van der Waals surface area (Å²) in [5, 5.41) is 2.92. The lowest BCUT2D eigenvalue weighted by Gasteiger charge is -2.15. The second kappa shape index (κ2) is 7.30. The Morgan fingerprint density at radius 1 is 1.41 bits per heavy atom. The number of benzene rings is 1. The third-order valence-electron chi connectivity index (χ3n) is 2.57. The topological polar surface area (TPSA) is 38.3 Å². The molecule has 0 saturated heterocycles. The maximum atomic E-state index is 11.9. The first kappa shape index (κ1) is 14.0. The Bertz CT molecular complexity index is 351. The number of rotatable bonds is 6. The van der Waals surface area contributed by atoms with Crippen LogP contribution in [0.25, 0.3) is 0 Å². The minimum Gasteiger partial charge on any atom is -0.383 e. The highest BCUT2D eigenvalue weighted by atomic mass is 35.5. The molecule has 1 unspecified atom stereocenters. The first-order chi connectivity index (χ1) is 8.21. The van der Waals surface area contributed by atoms with Crippen molar-refractivity contribution in [1.29, 1.82) is 0 Å². The Kier molecular flexibility index (Phi) is 6.01. The van der Waals surface area contributed by atoms with E-state index in [0.717, 1.165) is 12.0 Å². The van der Waals surface area contributed by atoms with E-state index in [2.05, 4.69) is 5.32 Å². The standard InChI is InChI=1S/C13H18ClNO2/c1-3-12(9-17-2)15-13(16)11-6-4-10(8-14)5-7-11/h4-7,12H,3,8-9H2,1-2H3,(H,15,16). The van der Waals surface area contributed by atoms with Gasteiger partial charge in [-0.1, -0.05) is 19.1 Å². The molecule has 0 bridgehead atoms. The van der Waals surface area contributed by atoms with E-state index in [0.29, 0.717) is 18.1 Å². The van der Waals surface area contributed by atoms with Gasteiger partial charge in [-0.3, -0.25) is 4.79 Å². The van der Waals surface area contributed by atoms with Crippen LogP contribution in [0.3, 0.4) is 0 Å². The Labute approximate surface area is 107 Å². The molecule has 1 rings (SSSR count). The van der Waals surface area contributed by atoms with Crippen molar-refractivity contribution in [2.24, 2.45) is 0 Å². The number of amides is 1. The zero-order valence-corrected chi connectivity index (χ0v) is 11.0. The molecule has 1 aromatic carbocycles. The molecule has 17 heavy (non-hydrogen) atoms. The van der Waals surface area contributed by atoms with Crippen molar-refractivity contribution in [3.8, 4) is 0 Å². The molecule has 0 saturated carbocycles. The average molecular weight is 256 g/mol. The second-order valence-electron chi connectivity index (χ2n) is 3.86. The van der Waals surface area contributed by atoms with E-state index in [4.69, 9.17) is 16.3 Å². The van der Waals surface area contributed by atoms with Crippen LogP contribution in [-0.4, -0.2) is 25.7 Å². The highest BCUT2D eigenvalue weighted by Crippen LogP contribution is 2.07. The molecule has 94 valence electrons. The van der Waals surface area contributed by atoms with Crippen LogP contribution >= 0.6 is 11.6 Å². The number of methoxy groups -OCH3 is 1. The molecule has 1 amide bonds. The summed E-state index contributed by atoms with van der Waals surface area (Å²) in [4.78, 5) is 11.9. The Balaban J connectivity index is 2.62. The van der Waals surface area contributed by atoms with Gasteiger partial charge in [-0.15, -0.1) is 11.6 Å². The molecule has 0 aliphatic heterocycles. The summed E-state index contributed by atoms with van der Waals surface area (Å²) in [6, 6.07) is 7.34. The molecule has 3 nitrogen and oxygen atoms in total. The van der Waals surface area contributed by atoms with E-state index in [1.54, 1.807) is 19.2 Å². The van der Waals surface area contributed by atoms with E-state index in [-0.39, 0.29) is 11.9 Å². The van der Waals surface area contributed by atoms with Gasteiger partial charge in [-0.2, -0.15) is 0 Å². The lowest BCUT2D eigenvalue weighted by Crippen LogP contribution is -2.37. The predicted octanol–water partition coefficient (Wildman–Crippen LogP) is 2.58. The lowest BCUT2D eigenvalue weighted by atomic mass is 10.1. The van der Waals surface area contributed by atoms with Crippen LogP contribution < -0.4 is 5.32 Å². The van der Waals surface area contributed by atoms with Crippen LogP contribution in [0.1, 0.15) is 29.3 Å². The summed E-state index contributed by atoms with van der Waals surface area (Å²) in [6.07, 6.45) is 0.847. The summed E-state index contributed by atoms with van der Waals surface area (Å²) in [7, 11) is 1.63. The van der Waals surface area contributed by atoms with Crippen LogP contribution in [0.15, 0.2) is 24.3 Å². The first-order valence-corrected chi connectivity index (χ1v) is 6.19. The lowest BCUT2D eigenvalue weighted by molar-refractivity contribution is 0.0894. The van der Waals surface area contributed by atoms with Crippen molar-refractivity contribution >= 4 is 17.5 Å². The third-order valence-corrected chi connectivity index (χ3v) is 2.87. The molecular weight excluding hydrogens is 238 g/mol. The summed E-state index contributed by atoms with van der Waals surface area (Å²) >= 11 is 5.69. The van der Waals surface area contributed by atoms with Gasteiger partial charge in [-0.25, -0.2) is 0 Å². The molecule has 1 atom stereocenters. The largest absolute Gasteiger partial charge is 0.383 e. The fourth-order valence-corrected chi connectivity index (χ4v) is 1.65. The highest BCUT2D eigenvalue weighted by Gasteiger charge is 2.11. The van der Waals surface area contributed by atoms with E-state index in [1.807, 2.05) is 19.1 Å². The third kappa shape index (κ3) is 4.36. The van der Waals surface area contributed by atoms with Crippen molar-refractivity contribution < 1.29 is 9.53 Å². The Morgan fingerprint density at radius 2 is 2.06 bits per heavy atom. The smallest absolute Gasteiger partial charge is 0.251 e. The molecule has 0 spiro atoms. The van der Waals surface area contributed by atoms with Gasteiger partial charge in [0.15, 0.2) is 0 Å². The molecule has 0 aromatic heterocycles. The number of carbonyl (C=O) groups is 1. The molecule has 0 aliphatic carbocycles. The summed E-state index contributed by atoms with van der Waals surface area (Å²) in [5.41, 5.74) is 1.65. The van der Waals surface area contributed by atoms with Crippen LogP contribution in [0.2, 0.25) is 0 Å². The molecule has 0 radical (unpaired) electrons. The molecular formula is C13H18ClNO2. The van der Waals surface area contributed by atoms with Gasteiger partial charge in [0.05, 0.1) is 12.6 Å². The van der Waals surface area contributed by atoms with Gasteiger partial charge in [0.2, 0.25) is 0 Å². The van der Waals surface area contributed by atoms with Gasteiger partial charge in [-0.05, 0) is 24.1 Å². The quantitative estimate of drug-likeness (QED) is 0.794. The van der Waals surface area contributed by atoms with E-state index in [1.165, 1.54) is 0 Å². The zero-order valence-electron chi connectivity index (χ0n) is 10.2. The summed E-state index contributed by atoms with van der Waals surface area (Å²) < 4.78 is 5.04. The number of ether oxygens (including phenoxy) is 1. The summed E-state index contributed by atoms with van der Waals surface area (Å²) in [6.45, 7) is 2.54. The second-order valence-corrected chi connectivity index (χ2v) is 4.13. The van der Waals surface area contributed by atoms with Crippen LogP contribution in [0.4, 0.5) is 0 Å². The highest BCUT2D eigenvalue weighted by molar-refractivity contribution is 6.17. The van der Waals surface area contributed by atoms with Gasteiger partial charge >= 0.3 is 0 Å². The molecule has 4 heteroatoms. The van der Waals surface area contributed by atoms with Gasteiger partial charge in [0.25, 0.3) is 5.91 Å². The van der Waals surface area contributed by atoms with Crippen LogP contribution in [-0.2, 0) is 10.6 Å². The number of alkyl halides is 1. The van der Waals surface area contributed by atoms with Crippen molar-refractivity contribution in [3.63, 3.8) is 0 Å². The molecule has 0 heterocycles. The molecule has 0 aliphatic rings. The SMILES string of the molecule is CCC(COC)NC(=O)c1ccc(CCl)cc1. The number of hydrogen-bond donors (Lipinski definition) is 1. The maximum Gasteiger partial charge on any atom is 0.251 e. The van der Waals surface area contributed by atoms with E-state index < -0.39 is 0 Å². The molecule has 0 fully saturated rings. The van der Waals surface area contributed by atoms with Crippen molar-refractivity contribution in [2.75, 3.05) is 13.7 Å². The molecule has 1 aromatic rings. The van der Waals surface area contributed by atoms with Crippen LogP contribution in [0.5, 0.6) is 0 Å². The Hall–Kier alpha value is -1.06. The minimum absolute atomic E-state index is 0.0557. The van der Waals surface area contributed by atoms with E-state index in [9.17, 15) is 4.79 Å². The number of nitrogens with one attached hydrogen (secondary N) is 1. The van der Waals surface area contributed by atoms with Crippen LogP contribution in [0, 0.1) is 0 Å². The fourth-order valence-electron chi connectivity index (χ4n) is 1.48. The van der Waals surface area contributed by atoms with E-state index >= 15 is 0 Å². The van der Waals surface area contributed by atoms with Crippen molar-refractivity contribution in [1.82, 2.24) is 5.32 Å². The monoisotopic (exact) mass is 255 g/mol. The van der Waals surface area contributed by atoms with Gasteiger partial charge < -0.3 is 10.1 Å². The minimum atomic E-state index is -0.0741. The Morgan fingerprint density at radius 3 is 2.53 bits per heavy atom. The van der Waals surface area contributed by atoms with Gasteiger partial charge in [0.1, 0.15) is 0 Å². The number of carbonyl (C=O) groups excluding carboxylic acids is 1.